The quantitative estimate of drug-likeness (QED) is 0.563. The van der Waals surface area contributed by atoms with Gasteiger partial charge >= 0.3 is 0 Å². The Balaban J connectivity index is 1.64. The molecule has 0 spiro atoms. The van der Waals surface area contributed by atoms with Gasteiger partial charge in [0, 0.05) is 17.6 Å². The molecule has 0 aliphatic rings. The van der Waals surface area contributed by atoms with Crippen LogP contribution in [0.4, 0.5) is 0 Å². The van der Waals surface area contributed by atoms with E-state index in [0.717, 1.165) is 30.0 Å². The van der Waals surface area contributed by atoms with Crippen LogP contribution < -0.4 is 4.74 Å². The number of hydrogen-bond acceptors (Lipinski definition) is 4. The van der Waals surface area contributed by atoms with Gasteiger partial charge in [-0.15, -0.1) is 22.9 Å². The fourth-order valence-electron chi connectivity index (χ4n) is 1.56. The van der Waals surface area contributed by atoms with Gasteiger partial charge in [-0.2, -0.15) is 0 Å². The van der Waals surface area contributed by atoms with Crippen LogP contribution in [0.1, 0.15) is 23.5 Å². The first-order valence-electron chi connectivity index (χ1n) is 6.00. The molecule has 19 heavy (non-hydrogen) atoms. The molecule has 0 unspecified atom stereocenters. The third-order valence-electron chi connectivity index (χ3n) is 2.47. The number of alkyl halides is 1. The fourth-order valence-corrected chi connectivity index (χ4v) is 2.80. The lowest BCUT2D eigenvalue weighted by Gasteiger charge is -2.05. The summed E-state index contributed by atoms with van der Waals surface area (Å²) < 4.78 is 5.57. The summed E-state index contributed by atoms with van der Waals surface area (Å²) in [6, 6.07) is 1.77. The van der Waals surface area contributed by atoms with E-state index < -0.39 is 0 Å². The topological polar surface area (TPSA) is 35.0 Å². The number of rotatable bonds is 7. The maximum absolute atomic E-state index is 5.82. The maximum Gasteiger partial charge on any atom is 0.139 e. The van der Waals surface area contributed by atoms with Crippen LogP contribution >= 0.6 is 34.5 Å². The monoisotopic (exact) mass is 316 g/mol. The molecular weight excluding hydrogens is 303 g/mol. The van der Waals surface area contributed by atoms with Gasteiger partial charge in [-0.3, -0.25) is 4.98 Å². The third kappa shape index (κ3) is 4.97. The van der Waals surface area contributed by atoms with E-state index in [2.05, 4.69) is 9.97 Å². The van der Waals surface area contributed by atoms with Crippen molar-refractivity contribution in [1.82, 2.24) is 9.97 Å². The number of aryl methyl sites for hydroxylation is 1. The zero-order valence-corrected chi connectivity index (χ0v) is 12.6. The van der Waals surface area contributed by atoms with Crippen LogP contribution in [0.2, 0.25) is 5.02 Å². The van der Waals surface area contributed by atoms with Crippen molar-refractivity contribution in [2.75, 3.05) is 6.61 Å². The molecule has 2 heterocycles. The molecule has 0 N–H and O–H groups in total. The van der Waals surface area contributed by atoms with E-state index >= 15 is 0 Å². The summed E-state index contributed by atoms with van der Waals surface area (Å²) in [6.07, 6.45) is 6.25. The molecule has 0 aliphatic heterocycles. The Kier molecular flexibility index (Phi) is 5.89. The molecule has 6 heteroatoms. The van der Waals surface area contributed by atoms with E-state index in [4.69, 9.17) is 27.9 Å². The number of nitrogens with zero attached hydrogens (tertiary/aromatic N) is 2. The molecule has 0 amide bonds. The van der Waals surface area contributed by atoms with Crippen molar-refractivity contribution in [3.8, 4) is 5.75 Å². The van der Waals surface area contributed by atoms with Gasteiger partial charge in [0.15, 0.2) is 0 Å². The second-order valence-electron chi connectivity index (χ2n) is 4.01. The van der Waals surface area contributed by atoms with E-state index in [-0.39, 0.29) is 0 Å². The molecular formula is C13H14Cl2N2OS. The lowest BCUT2D eigenvalue weighted by molar-refractivity contribution is 0.306. The number of unbranched alkanes of at least 4 members (excludes halogenated alkanes) is 1. The minimum atomic E-state index is 0.487. The molecule has 3 nitrogen and oxygen atoms in total. The van der Waals surface area contributed by atoms with Gasteiger partial charge in [-0.1, -0.05) is 11.6 Å². The fraction of sp³-hybridized carbons (Fsp3) is 0.385. The van der Waals surface area contributed by atoms with Crippen molar-refractivity contribution >= 4 is 34.5 Å². The van der Waals surface area contributed by atoms with Gasteiger partial charge in [0.05, 0.1) is 34.4 Å². The Morgan fingerprint density at radius 1 is 1.26 bits per heavy atom. The summed E-state index contributed by atoms with van der Waals surface area (Å²) in [5, 5.41) is 3.74. The molecule has 0 aliphatic carbocycles. The molecule has 0 atom stereocenters. The number of ether oxygens (including phenoxy) is 1. The minimum Gasteiger partial charge on any atom is -0.492 e. The maximum atomic E-state index is 5.82. The van der Waals surface area contributed by atoms with E-state index in [1.54, 1.807) is 29.8 Å². The highest BCUT2D eigenvalue weighted by atomic mass is 35.5. The van der Waals surface area contributed by atoms with E-state index in [0.29, 0.717) is 23.3 Å². The predicted molar refractivity (Wildman–Crippen MR) is 79.4 cm³/mol. The van der Waals surface area contributed by atoms with Crippen LogP contribution in [0.15, 0.2) is 23.8 Å². The van der Waals surface area contributed by atoms with Gasteiger partial charge in [0.1, 0.15) is 5.75 Å². The number of thiazole rings is 1. The molecule has 2 rings (SSSR count). The van der Waals surface area contributed by atoms with Crippen molar-refractivity contribution in [1.29, 1.82) is 0 Å². The summed E-state index contributed by atoms with van der Waals surface area (Å²) >= 11 is 13.2. The van der Waals surface area contributed by atoms with Crippen molar-refractivity contribution in [2.24, 2.45) is 0 Å². The van der Waals surface area contributed by atoms with Crippen LogP contribution in [-0.4, -0.2) is 16.6 Å². The molecule has 2 aromatic heterocycles. The van der Waals surface area contributed by atoms with E-state index in [9.17, 15) is 0 Å². The highest BCUT2D eigenvalue weighted by Crippen LogP contribution is 2.16. The van der Waals surface area contributed by atoms with Gasteiger partial charge in [-0.25, -0.2) is 4.98 Å². The van der Waals surface area contributed by atoms with Crippen molar-refractivity contribution in [3.63, 3.8) is 0 Å². The highest BCUT2D eigenvalue weighted by molar-refractivity contribution is 7.09. The lowest BCUT2D eigenvalue weighted by Crippen LogP contribution is -1.98. The lowest BCUT2D eigenvalue weighted by atomic mass is 10.2. The first kappa shape index (κ1) is 14.6. The second-order valence-corrected chi connectivity index (χ2v) is 5.66. The predicted octanol–water partition coefficient (Wildman–Crippen LogP) is 4.33. The van der Waals surface area contributed by atoms with Gasteiger partial charge < -0.3 is 4.74 Å². The van der Waals surface area contributed by atoms with Crippen LogP contribution in [0.25, 0.3) is 0 Å². The van der Waals surface area contributed by atoms with Crippen LogP contribution in [0.5, 0.6) is 5.75 Å². The third-order valence-corrected chi connectivity index (χ3v) is 3.91. The summed E-state index contributed by atoms with van der Waals surface area (Å²) in [7, 11) is 0. The summed E-state index contributed by atoms with van der Waals surface area (Å²) in [5.41, 5.74) is 0.961. The Morgan fingerprint density at radius 3 is 2.89 bits per heavy atom. The Bertz CT molecular complexity index is 519. The zero-order chi connectivity index (χ0) is 13.5. The Hall–Kier alpha value is -0.840. The van der Waals surface area contributed by atoms with Gasteiger partial charge in [0.25, 0.3) is 0 Å². The summed E-state index contributed by atoms with van der Waals surface area (Å²) in [5.74, 6) is 1.20. The molecule has 0 fully saturated rings. The van der Waals surface area contributed by atoms with E-state index in [1.807, 2.05) is 5.38 Å². The van der Waals surface area contributed by atoms with Gasteiger partial charge in [-0.05, 0) is 19.3 Å². The van der Waals surface area contributed by atoms with E-state index in [1.165, 1.54) is 0 Å². The van der Waals surface area contributed by atoms with Crippen LogP contribution in [-0.2, 0) is 12.3 Å². The Labute approximate surface area is 126 Å². The summed E-state index contributed by atoms with van der Waals surface area (Å²) in [6.45, 7) is 0.662. The molecule has 0 bridgehead atoms. The highest BCUT2D eigenvalue weighted by Gasteiger charge is 2.01. The first-order chi connectivity index (χ1) is 9.28. The average Bonchev–Trinajstić information content (AvgIpc) is 2.86. The smallest absolute Gasteiger partial charge is 0.139 e. The summed E-state index contributed by atoms with van der Waals surface area (Å²) in [4.78, 5) is 8.38. The van der Waals surface area contributed by atoms with Crippen LogP contribution in [0, 0.1) is 0 Å². The number of hydrogen-bond donors (Lipinski definition) is 0. The average molecular weight is 317 g/mol. The minimum absolute atomic E-state index is 0.487. The van der Waals surface area contributed by atoms with Crippen molar-refractivity contribution < 1.29 is 4.74 Å². The van der Waals surface area contributed by atoms with Crippen molar-refractivity contribution in [3.05, 3.63) is 39.6 Å². The zero-order valence-electron chi connectivity index (χ0n) is 10.3. The molecule has 0 saturated carbocycles. The number of halogens is 2. The molecule has 0 saturated heterocycles. The second kappa shape index (κ2) is 7.68. The normalized spacial score (nSPS) is 10.6. The molecule has 2 aromatic rings. The van der Waals surface area contributed by atoms with Crippen LogP contribution in [0.3, 0.4) is 0 Å². The molecule has 102 valence electrons. The molecule has 0 aromatic carbocycles. The molecule has 0 radical (unpaired) electrons. The number of aromatic nitrogens is 2. The largest absolute Gasteiger partial charge is 0.492 e. The van der Waals surface area contributed by atoms with Gasteiger partial charge in [0.2, 0.25) is 0 Å². The van der Waals surface area contributed by atoms with Crippen molar-refractivity contribution in [2.45, 2.75) is 25.1 Å². The number of pyridine rings is 1. The Morgan fingerprint density at radius 2 is 2.16 bits per heavy atom. The standard InChI is InChI=1S/C13H14Cl2N2OS/c14-6-11-9-19-13(17-11)3-1-2-4-18-12-5-10(15)7-16-8-12/h5,7-9H,1-4,6H2. The SMILES string of the molecule is ClCc1csc(CCCCOc2cncc(Cl)c2)n1. The first-order valence-corrected chi connectivity index (χ1v) is 7.80.